The molecule has 4 rings (SSSR count). The van der Waals surface area contributed by atoms with Crippen LogP contribution in [0.1, 0.15) is 27.0 Å². The number of carbonyl (C=O) groups is 1. The summed E-state index contributed by atoms with van der Waals surface area (Å²) in [6.07, 6.45) is 5.79. The molecule has 1 aromatic heterocycles. The van der Waals surface area contributed by atoms with Gasteiger partial charge in [0.25, 0.3) is 0 Å². The lowest BCUT2D eigenvalue weighted by molar-refractivity contribution is -0.688. The molecule has 0 saturated heterocycles. The lowest BCUT2D eigenvalue weighted by Gasteiger charge is -2.07. The highest BCUT2D eigenvalue weighted by Gasteiger charge is 2.30. The van der Waals surface area contributed by atoms with Gasteiger partial charge in [-0.15, -0.1) is 0 Å². The SMILES string of the molecule is COc1ccc2c(c1)C(=O)C(Cc1cc[n+](Cc3ccccc3)cc1)C2. The van der Waals surface area contributed by atoms with Gasteiger partial charge < -0.3 is 4.74 Å². The van der Waals surface area contributed by atoms with Gasteiger partial charge in [0, 0.05) is 29.2 Å². The number of aromatic nitrogens is 1. The summed E-state index contributed by atoms with van der Waals surface area (Å²) >= 11 is 0. The van der Waals surface area contributed by atoms with Crippen molar-refractivity contribution < 1.29 is 14.1 Å². The molecule has 0 amide bonds. The van der Waals surface area contributed by atoms with E-state index in [0.29, 0.717) is 0 Å². The number of benzene rings is 2. The highest BCUT2D eigenvalue weighted by atomic mass is 16.5. The minimum Gasteiger partial charge on any atom is -0.497 e. The van der Waals surface area contributed by atoms with Gasteiger partial charge in [0.15, 0.2) is 24.7 Å². The maximum absolute atomic E-state index is 12.7. The maximum atomic E-state index is 12.7. The molecule has 3 aromatic rings. The van der Waals surface area contributed by atoms with Gasteiger partial charge in [0.1, 0.15) is 5.75 Å². The van der Waals surface area contributed by atoms with Crippen molar-refractivity contribution in [1.82, 2.24) is 0 Å². The summed E-state index contributed by atoms with van der Waals surface area (Å²) in [5.74, 6) is 1.02. The number of rotatable bonds is 5. The van der Waals surface area contributed by atoms with Crippen molar-refractivity contribution in [2.45, 2.75) is 19.4 Å². The second-order valence-electron chi connectivity index (χ2n) is 6.86. The van der Waals surface area contributed by atoms with Crippen LogP contribution in [-0.2, 0) is 19.4 Å². The first-order valence-corrected chi connectivity index (χ1v) is 8.96. The molecule has 3 nitrogen and oxygen atoms in total. The third-order valence-corrected chi connectivity index (χ3v) is 5.07. The number of ether oxygens (including phenoxy) is 1. The largest absolute Gasteiger partial charge is 0.497 e. The summed E-state index contributed by atoms with van der Waals surface area (Å²) in [6, 6.07) is 20.5. The van der Waals surface area contributed by atoms with Gasteiger partial charge in [-0.25, -0.2) is 4.57 Å². The summed E-state index contributed by atoms with van der Waals surface area (Å²) in [5, 5.41) is 0. The highest BCUT2D eigenvalue weighted by molar-refractivity contribution is 6.02. The number of nitrogens with zero attached hydrogens (tertiary/aromatic N) is 1. The van der Waals surface area contributed by atoms with Crippen molar-refractivity contribution in [3.8, 4) is 5.75 Å². The molecule has 1 heterocycles. The van der Waals surface area contributed by atoms with Crippen molar-refractivity contribution >= 4 is 5.78 Å². The van der Waals surface area contributed by atoms with E-state index in [-0.39, 0.29) is 11.7 Å². The predicted molar refractivity (Wildman–Crippen MR) is 100 cm³/mol. The zero-order chi connectivity index (χ0) is 17.9. The van der Waals surface area contributed by atoms with Crippen LogP contribution in [0.4, 0.5) is 0 Å². The van der Waals surface area contributed by atoms with E-state index >= 15 is 0 Å². The summed E-state index contributed by atoms with van der Waals surface area (Å²) in [4.78, 5) is 12.7. The number of pyridine rings is 1. The molecule has 0 bridgehead atoms. The van der Waals surface area contributed by atoms with Crippen LogP contribution in [0.25, 0.3) is 0 Å². The van der Waals surface area contributed by atoms with Crippen LogP contribution in [-0.4, -0.2) is 12.9 Å². The van der Waals surface area contributed by atoms with E-state index in [1.807, 2.05) is 24.3 Å². The number of Topliss-reactive ketones (excluding diaryl/α,β-unsaturated/α-hetero) is 1. The Morgan fingerprint density at radius 1 is 1.00 bits per heavy atom. The molecule has 0 radical (unpaired) electrons. The molecule has 1 aliphatic carbocycles. The molecule has 1 aliphatic rings. The average Bonchev–Trinajstić information content (AvgIpc) is 2.99. The molecule has 0 spiro atoms. The van der Waals surface area contributed by atoms with Crippen LogP contribution in [0, 0.1) is 5.92 Å². The van der Waals surface area contributed by atoms with Crippen LogP contribution in [0.2, 0.25) is 0 Å². The number of carbonyl (C=O) groups excluding carboxylic acids is 1. The summed E-state index contributed by atoms with van der Waals surface area (Å²) in [7, 11) is 1.63. The van der Waals surface area contributed by atoms with Crippen molar-refractivity contribution in [3.63, 3.8) is 0 Å². The summed E-state index contributed by atoms with van der Waals surface area (Å²) in [6.45, 7) is 0.856. The summed E-state index contributed by atoms with van der Waals surface area (Å²) in [5.41, 5.74) is 4.44. The highest BCUT2D eigenvalue weighted by Crippen LogP contribution is 2.31. The number of hydrogen-bond acceptors (Lipinski definition) is 2. The van der Waals surface area contributed by atoms with Crippen molar-refractivity contribution in [1.29, 1.82) is 0 Å². The predicted octanol–water partition coefficient (Wildman–Crippen LogP) is 3.63. The van der Waals surface area contributed by atoms with E-state index in [1.54, 1.807) is 7.11 Å². The van der Waals surface area contributed by atoms with E-state index < -0.39 is 0 Å². The first-order valence-electron chi connectivity index (χ1n) is 8.96. The fraction of sp³-hybridized carbons (Fsp3) is 0.217. The Morgan fingerprint density at radius 2 is 1.77 bits per heavy atom. The smallest absolute Gasteiger partial charge is 0.173 e. The van der Waals surface area contributed by atoms with Crippen molar-refractivity contribution in [2.24, 2.45) is 5.92 Å². The first-order chi connectivity index (χ1) is 12.7. The average molecular weight is 344 g/mol. The Balaban J connectivity index is 1.44. The van der Waals surface area contributed by atoms with E-state index in [1.165, 1.54) is 11.1 Å². The topological polar surface area (TPSA) is 30.2 Å². The molecule has 3 heteroatoms. The van der Waals surface area contributed by atoms with Crippen molar-refractivity contribution in [3.05, 3.63) is 95.3 Å². The fourth-order valence-electron chi connectivity index (χ4n) is 3.64. The molecular weight excluding hydrogens is 322 g/mol. The monoisotopic (exact) mass is 344 g/mol. The molecule has 130 valence electrons. The molecule has 2 aromatic carbocycles. The lowest BCUT2D eigenvalue weighted by atomic mass is 9.96. The minimum absolute atomic E-state index is 0.0297. The Labute approximate surface area is 153 Å². The third-order valence-electron chi connectivity index (χ3n) is 5.07. The second-order valence-corrected chi connectivity index (χ2v) is 6.86. The van der Waals surface area contributed by atoms with E-state index in [0.717, 1.165) is 36.3 Å². The third kappa shape index (κ3) is 3.38. The Morgan fingerprint density at radius 3 is 2.50 bits per heavy atom. The Kier molecular flexibility index (Phi) is 4.53. The molecule has 1 unspecified atom stereocenters. The van der Waals surface area contributed by atoms with Gasteiger partial charge in [-0.1, -0.05) is 36.4 Å². The number of methoxy groups -OCH3 is 1. The van der Waals surface area contributed by atoms with Crippen LogP contribution in [0.3, 0.4) is 0 Å². The van der Waals surface area contributed by atoms with E-state index in [4.69, 9.17) is 4.74 Å². The fourth-order valence-corrected chi connectivity index (χ4v) is 3.64. The zero-order valence-corrected chi connectivity index (χ0v) is 14.9. The van der Waals surface area contributed by atoms with Gasteiger partial charge in [-0.2, -0.15) is 0 Å². The maximum Gasteiger partial charge on any atom is 0.173 e. The van der Waals surface area contributed by atoms with Crippen LogP contribution < -0.4 is 9.30 Å². The first kappa shape index (κ1) is 16.5. The minimum atomic E-state index is 0.0297. The van der Waals surface area contributed by atoms with Crippen LogP contribution in [0.15, 0.2) is 73.1 Å². The molecule has 0 aliphatic heterocycles. The lowest BCUT2D eigenvalue weighted by Crippen LogP contribution is -2.33. The van der Waals surface area contributed by atoms with E-state index in [2.05, 4.69) is 53.4 Å². The quantitative estimate of drug-likeness (QED) is 0.662. The summed E-state index contributed by atoms with van der Waals surface area (Å²) < 4.78 is 7.41. The van der Waals surface area contributed by atoms with Crippen molar-refractivity contribution in [2.75, 3.05) is 7.11 Å². The zero-order valence-electron chi connectivity index (χ0n) is 14.9. The normalized spacial score (nSPS) is 15.7. The van der Waals surface area contributed by atoms with Gasteiger partial charge >= 0.3 is 0 Å². The van der Waals surface area contributed by atoms with Gasteiger partial charge in [-0.05, 0) is 36.1 Å². The molecular formula is C23H22NO2+. The van der Waals surface area contributed by atoms with Crippen LogP contribution >= 0.6 is 0 Å². The molecule has 1 atom stereocenters. The molecule has 0 N–H and O–H groups in total. The molecule has 0 saturated carbocycles. The molecule has 26 heavy (non-hydrogen) atoms. The standard InChI is InChI=1S/C23H22NO2/c1-26-21-8-7-19-14-20(23(25)22(19)15-21)13-17-9-11-24(12-10-17)16-18-5-3-2-4-6-18/h2-12,15,20H,13-14,16H2,1H3/q+1. The van der Waals surface area contributed by atoms with Gasteiger partial charge in [0.2, 0.25) is 0 Å². The van der Waals surface area contributed by atoms with E-state index in [9.17, 15) is 4.79 Å². The Bertz CT molecular complexity index is 917. The Hall–Kier alpha value is -2.94. The number of ketones is 1. The van der Waals surface area contributed by atoms with Crippen LogP contribution in [0.5, 0.6) is 5.75 Å². The number of hydrogen-bond donors (Lipinski definition) is 0. The second kappa shape index (κ2) is 7.12. The van der Waals surface area contributed by atoms with Gasteiger partial charge in [-0.3, -0.25) is 4.79 Å². The van der Waals surface area contributed by atoms with Gasteiger partial charge in [0.05, 0.1) is 7.11 Å². The molecule has 0 fully saturated rings. The number of fused-ring (bicyclic) bond motifs is 1.